The first-order valence-corrected chi connectivity index (χ1v) is 13.3. The standard InChI is InChI=1S/C31H28BNO3S/c1-30(2,34)31(3,4)36-32-26-27-25(18-23-22-12-8-9-13-24(22)35-28(23)26)37-29(33-27)21-16-14-20(15-17-21)19-10-6-5-7-11-19/h5-18,32,34H,1-4H3. The van der Waals surface area contributed by atoms with Gasteiger partial charge in [0.05, 0.1) is 21.4 Å². The molecule has 0 aliphatic heterocycles. The van der Waals surface area contributed by atoms with Crippen LogP contribution in [0.2, 0.25) is 0 Å². The number of fused-ring (bicyclic) bond motifs is 4. The van der Waals surface area contributed by atoms with Gasteiger partial charge in [0.2, 0.25) is 0 Å². The number of para-hydroxylation sites is 1. The number of thiazole rings is 1. The molecule has 0 unspecified atom stereocenters. The lowest BCUT2D eigenvalue weighted by Crippen LogP contribution is -2.49. The Kier molecular flexibility index (Phi) is 5.72. The lowest BCUT2D eigenvalue weighted by molar-refractivity contribution is -0.0892. The Bertz CT molecular complexity index is 1730. The van der Waals surface area contributed by atoms with Crippen LogP contribution in [-0.2, 0) is 4.65 Å². The Labute approximate surface area is 220 Å². The van der Waals surface area contributed by atoms with Gasteiger partial charge < -0.3 is 14.2 Å². The van der Waals surface area contributed by atoms with E-state index in [9.17, 15) is 5.11 Å². The van der Waals surface area contributed by atoms with Gasteiger partial charge in [0.25, 0.3) is 0 Å². The molecule has 0 radical (unpaired) electrons. The van der Waals surface area contributed by atoms with Crippen molar-refractivity contribution in [2.24, 2.45) is 0 Å². The summed E-state index contributed by atoms with van der Waals surface area (Å²) in [5.41, 5.74) is 5.09. The first-order valence-electron chi connectivity index (χ1n) is 12.5. The summed E-state index contributed by atoms with van der Waals surface area (Å²) in [6.07, 6.45) is 0. The zero-order valence-electron chi connectivity index (χ0n) is 21.4. The minimum Gasteiger partial charge on any atom is -0.456 e. The Morgan fingerprint density at radius 1 is 0.811 bits per heavy atom. The molecule has 0 amide bonds. The number of aliphatic hydroxyl groups is 1. The van der Waals surface area contributed by atoms with Crippen molar-refractivity contribution in [3.05, 3.63) is 84.9 Å². The van der Waals surface area contributed by atoms with Crippen LogP contribution in [0.5, 0.6) is 0 Å². The Morgan fingerprint density at radius 3 is 2.19 bits per heavy atom. The molecule has 0 spiro atoms. The third-order valence-electron chi connectivity index (χ3n) is 7.41. The molecule has 4 nitrogen and oxygen atoms in total. The van der Waals surface area contributed by atoms with Gasteiger partial charge in [-0.15, -0.1) is 11.3 Å². The van der Waals surface area contributed by atoms with Crippen LogP contribution >= 0.6 is 11.3 Å². The number of benzene rings is 4. The van der Waals surface area contributed by atoms with Crippen LogP contribution in [0.15, 0.2) is 89.3 Å². The van der Waals surface area contributed by atoms with E-state index in [1.54, 1.807) is 25.2 Å². The molecule has 1 N–H and O–H groups in total. The fourth-order valence-corrected chi connectivity index (χ4v) is 5.48. The van der Waals surface area contributed by atoms with E-state index >= 15 is 0 Å². The van der Waals surface area contributed by atoms with Crippen LogP contribution < -0.4 is 5.46 Å². The quantitative estimate of drug-likeness (QED) is 0.246. The highest BCUT2D eigenvalue weighted by molar-refractivity contribution is 7.22. The molecule has 0 saturated carbocycles. The lowest BCUT2D eigenvalue weighted by Gasteiger charge is -2.37. The molecular weight excluding hydrogens is 477 g/mol. The van der Waals surface area contributed by atoms with Crippen LogP contribution in [0.25, 0.3) is 53.9 Å². The summed E-state index contributed by atoms with van der Waals surface area (Å²) < 4.78 is 13.8. The van der Waals surface area contributed by atoms with Crippen LogP contribution in [0.1, 0.15) is 27.7 Å². The van der Waals surface area contributed by atoms with E-state index in [1.165, 1.54) is 11.1 Å². The van der Waals surface area contributed by atoms with Gasteiger partial charge >= 0.3 is 7.48 Å². The zero-order valence-corrected chi connectivity index (χ0v) is 22.2. The summed E-state index contributed by atoms with van der Waals surface area (Å²) in [5, 5.41) is 13.7. The lowest BCUT2D eigenvalue weighted by atomic mass is 9.81. The number of hydrogen-bond acceptors (Lipinski definition) is 5. The molecule has 0 saturated heterocycles. The molecule has 0 atom stereocenters. The molecule has 0 bridgehead atoms. The van der Waals surface area contributed by atoms with Crippen LogP contribution in [-0.4, -0.2) is 28.8 Å². The van der Waals surface area contributed by atoms with Gasteiger partial charge in [0.15, 0.2) is 0 Å². The Hall–Kier alpha value is -3.45. The SMILES string of the molecule is CC(C)(O)C(C)(C)OBc1c2nc(-c3ccc(-c4ccccc4)cc3)sc2cc2c1oc1ccccc12. The van der Waals surface area contributed by atoms with Gasteiger partial charge in [0, 0.05) is 21.8 Å². The highest BCUT2D eigenvalue weighted by Gasteiger charge is 2.36. The Balaban J connectivity index is 1.47. The molecule has 6 aromatic rings. The van der Waals surface area contributed by atoms with Gasteiger partial charge in [-0.25, -0.2) is 4.98 Å². The fraction of sp³-hybridized carbons (Fsp3) is 0.194. The first-order chi connectivity index (χ1) is 17.7. The van der Waals surface area contributed by atoms with Crippen molar-refractivity contribution in [2.45, 2.75) is 38.9 Å². The molecule has 6 rings (SSSR count). The van der Waals surface area contributed by atoms with E-state index in [-0.39, 0.29) is 7.48 Å². The van der Waals surface area contributed by atoms with Crippen molar-refractivity contribution in [1.82, 2.24) is 4.98 Å². The van der Waals surface area contributed by atoms with Crippen LogP contribution in [0.4, 0.5) is 0 Å². The molecule has 37 heavy (non-hydrogen) atoms. The van der Waals surface area contributed by atoms with Crippen molar-refractivity contribution in [2.75, 3.05) is 0 Å². The van der Waals surface area contributed by atoms with E-state index in [0.29, 0.717) is 0 Å². The van der Waals surface area contributed by atoms with Crippen molar-refractivity contribution in [3.8, 4) is 21.7 Å². The van der Waals surface area contributed by atoms with Crippen LogP contribution in [0.3, 0.4) is 0 Å². The fourth-order valence-electron chi connectivity index (χ4n) is 4.44. The second kappa shape index (κ2) is 8.84. The maximum Gasteiger partial charge on any atom is 0.315 e. The van der Waals surface area contributed by atoms with Gasteiger partial charge in [-0.2, -0.15) is 0 Å². The van der Waals surface area contributed by atoms with Crippen LogP contribution in [0, 0.1) is 0 Å². The number of furan rings is 1. The first kappa shape index (κ1) is 23.9. The summed E-state index contributed by atoms with van der Waals surface area (Å²) in [4.78, 5) is 5.08. The molecule has 0 aliphatic carbocycles. The minimum atomic E-state index is -1.01. The van der Waals surface area contributed by atoms with Crippen molar-refractivity contribution in [3.63, 3.8) is 0 Å². The number of rotatable bonds is 6. The maximum absolute atomic E-state index is 10.7. The molecule has 6 heteroatoms. The van der Waals surface area contributed by atoms with Gasteiger partial charge in [-0.05, 0) is 51.0 Å². The average Bonchev–Trinajstić information content (AvgIpc) is 3.48. The van der Waals surface area contributed by atoms with Crippen molar-refractivity contribution >= 4 is 56.4 Å². The molecule has 4 aromatic carbocycles. The number of nitrogens with zero attached hydrogens (tertiary/aromatic N) is 1. The monoisotopic (exact) mass is 505 g/mol. The largest absolute Gasteiger partial charge is 0.456 e. The summed E-state index contributed by atoms with van der Waals surface area (Å²) in [5.74, 6) is 0. The highest BCUT2D eigenvalue weighted by Crippen LogP contribution is 2.36. The molecular formula is C31H28BNO3S. The van der Waals surface area contributed by atoms with E-state index in [0.717, 1.165) is 48.2 Å². The summed E-state index contributed by atoms with van der Waals surface area (Å²) in [7, 11) is 0.279. The second-order valence-electron chi connectivity index (χ2n) is 10.5. The highest BCUT2D eigenvalue weighted by atomic mass is 32.1. The summed E-state index contributed by atoms with van der Waals surface area (Å²) in [6.45, 7) is 7.35. The van der Waals surface area contributed by atoms with E-state index in [1.807, 2.05) is 38.1 Å². The normalized spacial score (nSPS) is 12.6. The van der Waals surface area contributed by atoms with Gasteiger partial charge in [-0.1, -0.05) is 72.8 Å². The van der Waals surface area contributed by atoms with Crippen molar-refractivity contribution < 1.29 is 14.2 Å². The van der Waals surface area contributed by atoms with E-state index in [2.05, 4.69) is 60.7 Å². The predicted octanol–water partition coefficient (Wildman–Crippen LogP) is 7.07. The summed E-state index contributed by atoms with van der Waals surface area (Å²) >= 11 is 1.67. The van der Waals surface area contributed by atoms with Crippen molar-refractivity contribution in [1.29, 1.82) is 0 Å². The average molecular weight is 505 g/mol. The smallest absolute Gasteiger partial charge is 0.315 e. The van der Waals surface area contributed by atoms with Gasteiger partial charge in [-0.3, -0.25) is 0 Å². The number of aromatic nitrogens is 1. The molecule has 2 aromatic heterocycles. The second-order valence-corrected chi connectivity index (χ2v) is 11.5. The third-order valence-corrected chi connectivity index (χ3v) is 8.46. The summed E-state index contributed by atoms with van der Waals surface area (Å²) in [6, 6.07) is 29.2. The molecule has 2 heterocycles. The topological polar surface area (TPSA) is 55.5 Å². The van der Waals surface area contributed by atoms with Gasteiger partial charge in [0.1, 0.15) is 16.2 Å². The molecule has 0 fully saturated rings. The minimum absolute atomic E-state index is 0.279. The van der Waals surface area contributed by atoms with E-state index < -0.39 is 11.2 Å². The zero-order chi connectivity index (χ0) is 25.8. The maximum atomic E-state index is 10.7. The number of hydrogen-bond donors (Lipinski definition) is 1. The third kappa shape index (κ3) is 4.25. The Morgan fingerprint density at radius 2 is 1.46 bits per heavy atom. The van der Waals surface area contributed by atoms with E-state index in [4.69, 9.17) is 14.1 Å². The molecule has 184 valence electrons. The predicted molar refractivity (Wildman–Crippen MR) is 156 cm³/mol. The molecule has 0 aliphatic rings.